The van der Waals surface area contributed by atoms with Crippen molar-refractivity contribution in [3.63, 3.8) is 0 Å². The molecule has 1 fully saturated rings. The van der Waals surface area contributed by atoms with Crippen LogP contribution < -0.4 is 9.47 Å². The van der Waals surface area contributed by atoms with Crippen molar-refractivity contribution in [3.05, 3.63) is 65.4 Å². The monoisotopic (exact) mass is 388 g/mol. The molecule has 0 saturated carbocycles. The molecule has 1 N–H and O–H groups in total. The molecule has 0 atom stereocenters. The fourth-order valence-corrected chi connectivity index (χ4v) is 4.42. The van der Waals surface area contributed by atoms with Gasteiger partial charge in [-0.2, -0.15) is 0 Å². The molecule has 0 spiro atoms. The predicted molar refractivity (Wildman–Crippen MR) is 113 cm³/mol. The summed E-state index contributed by atoms with van der Waals surface area (Å²) < 4.78 is 11.2. The summed E-state index contributed by atoms with van der Waals surface area (Å²) in [5.41, 5.74) is 4.16. The van der Waals surface area contributed by atoms with Crippen molar-refractivity contribution in [1.29, 1.82) is 0 Å². The van der Waals surface area contributed by atoms with Gasteiger partial charge in [-0.05, 0) is 54.7 Å². The van der Waals surface area contributed by atoms with E-state index in [4.69, 9.17) is 9.47 Å². The van der Waals surface area contributed by atoms with Gasteiger partial charge in [0.15, 0.2) is 0 Å². The van der Waals surface area contributed by atoms with Crippen LogP contribution in [0.5, 0.6) is 11.5 Å². The van der Waals surface area contributed by atoms with Crippen molar-refractivity contribution in [3.8, 4) is 11.5 Å². The molecule has 2 aliphatic rings. The summed E-state index contributed by atoms with van der Waals surface area (Å²) >= 11 is 0. The first kappa shape index (κ1) is 17.9. The molecule has 29 heavy (non-hydrogen) atoms. The third-order valence-electron chi connectivity index (χ3n) is 6.05. The van der Waals surface area contributed by atoms with E-state index >= 15 is 0 Å². The van der Waals surface area contributed by atoms with Crippen LogP contribution in [-0.2, 0) is 4.79 Å². The lowest BCUT2D eigenvalue weighted by Gasteiger charge is -2.33. The van der Waals surface area contributed by atoms with Crippen LogP contribution in [0.2, 0.25) is 0 Å². The largest absolute Gasteiger partial charge is 0.497 e. The Morgan fingerprint density at radius 2 is 2.00 bits per heavy atom. The zero-order valence-electron chi connectivity index (χ0n) is 16.5. The minimum atomic E-state index is 0.0959. The van der Waals surface area contributed by atoms with Crippen LogP contribution in [0.25, 0.3) is 17.0 Å². The van der Waals surface area contributed by atoms with Gasteiger partial charge in [-0.3, -0.25) is 4.79 Å². The number of piperidine rings is 1. The van der Waals surface area contributed by atoms with Crippen LogP contribution in [0, 0.1) is 0 Å². The standard InChI is InChI=1S/C24H24N2O3/c1-28-19-6-7-22-20(13-19)21(14-25-22)16-8-10-26(11-9-16)24(27)18-12-17-4-2-3-5-23(17)29-15-18/h2-7,12-14,16,25H,8-11,15H2,1H3. The van der Waals surface area contributed by atoms with E-state index in [1.54, 1.807) is 7.11 Å². The van der Waals surface area contributed by atoms with Crippen LogP contribution in [-0.4, -0.2) is 42.6 Å². The minimum absolute atomic E-state index is 0.0959. The van der Waals surface area contributed by atoms with Gasteiger partial charge < -0.3 is 19.4 Å². The zero-order valence-corrected chi connectivity index (χ0v) is 16.5. The van der Waals surface area contributed by atoms with Gasteiger partial charge in [-0.25, -0.2) is 0 Å². The molecular formula is C24H24N2O3. The van der Waals surface area contributed by atoms with Crippen molar-refractivity contribution in [1.82, 2.24) is 9.88 Å². The first-order chi connectivity index (χ1) is 14.2. The van der Waals surface area contributed by atoms with E-state index in [-0.39, 0.29) is 5.91 Å². The second-order valence-corrected chi connectivity index (χ2v) is 7.72. The maximum absolute atomic E-state index is 13.0. The van der Waals surface area contributed by atoms with Crippen molar-refractivity contribution in [2.24, 2.45) is 0 Å². The van der Waals surface area contributed by atoms with Crippen LogP contribution in [0.3, 0.4) is 0 Å². The molecule has 2 aromatic carbocycles. The number of likely N-dealkylation sites (tertiary alicyclic amines) is 1. The summed E-state index contributed by atoms with van der Waals surface area (Å²) in [6.07, 6.45) is 6.00. The van der Waals surface area contributed by atoms with Crippen molar-refractivity contribution < 1.29 is 14.3 Å². The number of aromatic amines is 1. The Bertz CT molecular complexity index is 1090. The molecule has 0 aliphatic carbocycles. The lowest BCUT2D eigenvalue weighted by molar-refractivity contribution is -0.128. The highest BCUT2D eigenvalue weighted by Crippen LogP contribution is 2.35. The Morgan fingerprint density at radius 3 is 2.83 bits per heavy atom. The van der Waals surface area contributed by atoms with Gasteiger partial charge in [-0.1, -0.05) is 18.2 Å². The molecule has 5 rings (SSSR count). The number of carbonyl (C=O) groups excluding carboxylic acids is 1. The number of carbonyl (C=O) groups is 1. The zero-order chi connectivity index (χ0) is 19.8. The molecule has 0 bridgehead atoms. The van der Waals surface area contributed by atoms with E-state index in [0.717, 1.165) is 54.1 Å². The third-order valence-corrected chi connectivity index (χ3v) is 6.05. The molecule has 1 amide bonds. The number of hydrogen-bond acceptors (Lipinski definition) is 3. The fraction of sp³-hybridized carbons (Fsp3) is 0.292. The summed E-state index contributed by atoms with van der Waals surface area (Å²) in [5.74, 6) is 2.25. The lowest BCUT2D eigenvalue weighted by Crippen LogP contribution is -2.39. The van der Waals surface area contributed by atoms with Gasteiger partial charge in [0.2, 0.25) is 0 Å². The number of H-pyrrole nitrogens is 1. The SMILES string of the molecule is COc1ccc2[nH]cc(C3CCN(C(=O)C4=Cc5ccccc5OC4)CC3)c2c1. The van der Waals surface area contributed by atoms with Crippen molar-refractivity contribution in [2.75, 3.05) is 26.8 Å². The summed E-state index contributed by atoms with van der Waals surface area (Å²) in [6, 6.07) is 14.0. The van der Waals surface area contributed by atoms with E-state index in [9.17, 15) is 4.79 Å². The topological polar surface area (TPSA) is 54.6 Å². The number of ether oxygens (including phenoxy) is 2. The molecular weight excluding hydrogens is 364 g/mol. The van der Waals surface area contributed by atoms with E-state index in [1.165, 1.54) is 10.9 Å². The maximum Gasteiger partial charge on any atom is 0.253 e. The lowest BCUT2D eigenvalue weighted by atomic mass is 9.89. The predicted octanol–water partition coefficient (Wildman–Crippen LogP) is 4.36. The first-order valence-corrected chi connectivity index (χ1v) is 10.1. The molecule has 5 heteroatoms. The van der Waals surface area contributed by atoms with E-state index in [0.29, 0.717) is 12.5 Å². The Labute approximate surface area is 169 Å². The van der Waals surface area contributed by atoms with Gasteiger partial charge in [0.05, 0.1) is 12.7 Å². The number of hydrogen-bond donors (Lipinski definition) is 1. The first-order valence-electron chi connectivity index (χ1n) is 10.1. The van der Waals surface area contributed by atoms with Gasteiger partial charge in [0, 0.05) is 35.8 Å². The molecule has 0 unspecified atom stereocenters. The molecule has 2 aliphatic heterocycles. The van der Waals surface area contributed by atoms with E-state index in [1.807, 2.05) is 41.3 Å². The number of methoxy groups -OCH3 is 1. The highest BCUT2D eigenvalue weighted by Gasteiger charge is 2.28. The number of amides is 1. The number of para-hydroxylation sites is 1. The Kier molecular flexibility index (Phi) is 4.51. The second kappa shape index (κ2) is 7.32. The van der Waals surface area contributed by atoms with Gasteiger partial charge >= 0.3 is 0 Å². The number of nitrogens with zero attached hydrogens (tertiary/aromatic N) is 1. The number of nitrogens with one attached hydrogen (secondary N) is 1. The highest BCUT2D eigenvalue weighted by molar-refractivity contribution is 5.99. The highest BCUT2D eigenvalue weighted by atomic mass is 16.5. The molecule has 0 radical (unpaired) electrons. The third kappa shape index (κ3) is 3.27. The van der Waals surface area contributed by atoms with Crippen molar-refractivity contribution >= 4 is 22.9 Å². The van der Waals surface area contributed by atoms with E-state index in [2.05, 4.69) is 23.3 Å². The number of rotatable bonds is 3. The maximum atomic E-state index is 13.0. The normalized spacial score (nSPS) is 16.9. The molecule has 3 heterocycles. The number of aromatic nitrogens is 1. The number of benzene rings is 2. The van der Waals surface area contributed by atoms with Gasteiger partial charge in [-0.15, -0.1) is 0 Å². The second-order valence-electron chi connectivity index (χ2n) is 7.72. The Morgan fingerprint density at radius 1 is 1.17 bits per heavy atom. The number of fused-ring (bicyclic) bond motifs is 2. The summed E-state index contributed by atoms with van der Waals surface area (Å²) in [5, 5.41) is 1.22. The van der Waals surface area contributed by atoms with Crippen LogP contribution in [0.1, 0.15) is 29.9 Å². The van der Waals surface area contributed by atoms with Gasteiger partial charge in [0.25, 0.3) is 5.91 Å². The van der Waals surface area contributed by atoms with E-state index < -0.39 is 0 Å². The minimum Gasteiger partial charge on any atom is -0.497 e. The molecule has 1 aromatic heterocycles. The molecule has 3 aromatic rings. The van der Waals surface area contributed by atoms with Gasteiger partial charge in [0.1, 0.15) is 18.1 Å². The quantitative estimate of drug-likeness (QED) is 0.725. The van der Waals surface area contributed by atoms with Crippen LogP contribution in [0.4, 0.5) is 0 Å². The average Bonchev–Trinajstić information content (AvgIpc) is 3.21. The van der Waals surface area contributed by atoms with Crippen LogP contribution in [0.15, 0.2) is 54.2 Å². The van der Waals surface area contributed by atoms with Crippen LogP contribution >= 0.6 is 0 Å². The molecule has 5 nitrogen and oxygen atoms in total. The summed E-state index contributed by atoms with van der Waals surface area (Å²) in [7, 11) is 1.69. The Balaban J connectivity index is 1.30. The average molecular weight is 388 g/mol. The van der Waals surface area contributed by atoms with Crippen molar-refractivity contribution in [2.45, 2.75) is 18.8 Å². The smallest absolute Gasteiger partial charge is 0.253 e. The summed E-state index contributed by atoms with van der Waals surface area (Å²) in [4.78, 5) is 18.3. The fourth-order valence-electron chi connectivity index (χ4n) is 4.42. The molecule has 148 valence electrons. The summed E-state index contributed by atoms with van der Waals surface area (Å²) in [6.45, 7) is 1.87. The Hall–Kier alpha value is -3.21. The molecule has 1 saturated heterocycles.